The number of pyridine rings is 1. The number of alkyl halides is 3. The molecule has 0 spiro atoms. The number of nitrogens with zero attached hydrogens (tertiary/aromatic N) is 5. The summed E-state index contributed by atoms with van der Waals surface area (Å²) in [7, 11) is 0. The number of benzene rings is 1. The molecule has 0 bridgehead atoms. The van der Waals surface area contributed by atoms with E-state index in [0.29, 0.717) is 11.4 Å². The molecule has 0 amide bonds. The molecule has 0 aliphatic carbocycles. The minimum Gasteiger partial charge on any atom is -0.360 e. The zero-order valence-electron chi connectivity index (χ0n) is 16.7. The second kappa shape index (κ2) is 9.90. The van der Waals surface area contributed by atoms with Crippen LogP contribution < -0.4 is 10.6 Å². The lowest BCUT2D eigenvalue weighted by atomic mass is 10.2. The molecule has 0 atom stereocenters. The SMILES string of the molecule is CC(=O)CNc1nc(N=NCc2ccc(Nc3cccc(C(F)(F)F)c3)cn2)ncc1F. The van der Waals surface area contributed by atoms with Crippen LogP contribution in [0.2, 0.25) is 0 Å². The summed E-state index contributed by atoms with van der Waals surface area (Å²) in [6.07, 6.45) is -2.07. The molecule has 2 N–H and O–H groups in total. The molecule has 166 valence electrons. The van der Waals surface area contributed by atoms with Gasteiger partial charge in [-0.15, -0.1) is 5.11 Å². The molecule has 0 saturated carbocycles. The lowest BCUT2D eigenvalue weighted by Crippen LogP contribution is -2.12. The molecule has 2 aromatic heterocycles. The smallest absolute Gasteiger partial charge is 0.360 e. The maximum Gasteiger partial charge on any atom is 0.416 e. The summed E-state index contributed by atoms with van der Waals surface area (Å²) in [5.41, 5.74) is 0.542. The van der Waals surface area contributed by atoms with Crippen molar-refractivity contribution >= 4 is 28.9 Å². The summed E-state index contributed by atoms with van der Waals surface area (Å²) in [6, 6.07) is 8.08. The number of carbonyl (C=O) groups excluding carboxylic acids is 1. The van der Waals surface area contributed by atoms with Crippen molar-refractivity contribution in [1.29, 1.82) is 0 Å². The largest absolute Gasteiger partial charge is 0.416 e. The molecule has 3 rings (SSSR count). The van der Waals surface area contributed by atoms with Crippen LogP contribution in [0, 0.1) is 5.82 Å². The lowest BCUT2D eigenvalue weighted by molar-refractivity contribution is -0.137. The summed E-state index contributed by atoms with van der Waals surface area (Å²) in [5.74, 6) is -1.17. The Kier molecular flexibility index (Phi) is 7.03. The van der Waals surface area contributed by atoms with Gasteiger partial charge in [0, 0.05) is 5.69 Å². The number of halogens is 4. The highest BCUT2D eigenvalue weighted by Gasteiger charge is 2.30. The number of azo groups is 1. The van der Waals surface area contributed by atoms with Crippen molar-refractivity contribution < 1.29 is 22.4 Å². The number of hydrogen-bond donors (Lipinski definition) is 2. The molecule has 0 unspecified atom stereocenters. The van der Waals surface area contributed by atoms with Crippen LogP contribution >= 0.6 is 0 Å². The van der Waals surface area contributed by atoms with Gasteiger partial charge in [-0.05, 0) is 37.3 Å². The molecule has 1 aromatic carbocycles. The highest BCUT2D eigenvalue weighted by molar-refractivity contribution is 5.80. The van der Waals surface area contributed by atoms with Gasteiger partial charge in [0.2, 0.25) is 0 Å². The zero-order valence-corrected chi connectivity index (χ0v) is 16.7. The first-order chi connectivity index (χ1) is 15.2. The van der Waals surface area contributed by atoms with Crippen LogP contribution in [0.4, 0.5) is 40.7 Å². The predicted octanol–water partition coefficient (Wildman–Crippen LogP) is 5.06. The highest BCUT2D eigenvalue weighted by Crippen LogP contribution is 2.31. The van der Waals surface area contributed by atoms with E-state index in [2.05, 4.69) is 35.8 Å². The highest BCUT2D eigenvalue weighted by atomic mass is 19.4. The lowest BCUT2D eigenvalue weighted by Gasteiger charge is -2.10. The number of hydrogen-bond acceptors (Lipinski definition) is 8. The van der Waals surface area contributed by atoms with Crippen LogP contribution in [0.15, 0.2) is 59.0 Å². The molecular weight excluding hydrogens is 430 g/mol. The minimum absolute atomic E-state index is 0.0702. The summed E-state index contributed by atoms with van der Waals surface area (Å²) in [5, 5.41) is 13.1. The molecule has 12 heteroatoms. The van der Waals surface area contributed by atoms with E-state index in [1.165, 1.54) is 25.3 Å². The zero-order chi connectivity index (χ0) is 23.1. The Morgan fingerprint density at radius 3 is 2.59 bits per heavy atom. The van der Waals surface area contributed by atoms with Crippen LogP contribution in [0.1, 0.15) is 18.2 Å². The van der Waals surface area contributed by atoms with Gasteiger partial charge < -0.3 is 10.6 Å². The Bertz CT molecular complexity index is 1120. The fraction of sp³-hybridized carbons (Fsp3) is 0.200. The van der Waals surface area contributed by atoms with Crippen molar-refractivity contribution in [3.63, 3.8) is 0 Å². The van der Waals surface area contributed by atoms with Gasteiger partial charge in [0.1, 0.15) is 12.3 Å². The van der Waals surface area contributed by atoms with E-state index in [1.54, 1.807) is 12.1 Å². The van der Waals surface area contributed by atoms with Crippen molar-refractivity contribution in [2.24, 2.45) is 10.2 Å². The van der Waals surface area contributed by atoms with Gasteiger partial charge >= 0.3 is 6.18 Å². The maximum absolute atomic E-state index is 13.6. The summed E-state index contributed by atoms with van der Waals surface area (Å²) < 4.78 is 52.1. The van der Waals surface area contributed by atoms with E-state index in [4.69, 9.17) is 0 Å². The number of carbonyl (C=O) groups is 1. The molecular formula is C20H17F4N7O. The van der Waals surface area contributed by atoms with Crippen LogP contribution in [0.3, 0.4) is 0 Å². The molecule has 8 nitrogen and oxygen atoms in total. The van der Waals surface area contributed by atoms with E-state index >= 15 is 0 Å². The van der Waals surface area contributed by atoms with Crippen molar-refractivity contribution in [1.82, 2.24) is 15.0 Å². The Hall–Kier alpha value is -3.96. The molecule has 2 heterocycles. The Balaban J connectivity index is 1.60. The third-order valence-electron chi connectivity index (χ3n) is 3.93. The van der Waals surface area contributed by atoms with E-state index in [9.17, 15) is 22.4 Å². The molecule has 0 radical (unpaired) electrons. The summed E-state index contributed by atoms with van der Waals surface area (Å²) >= 11 is 0. The molecule has 3 aromatic rings. The normalized spacial score (nSPS) is 11.5. The van der Waals surface area contributed by atoms with Crippen molar-refractivity contribution in [2.75, 3.05) is 17.2 Å². The predicted molar refractivity (Wildman–Crippen MR) is 108 cm³/mol. The van der Waals surface area contributed by atoms with Gasteiger partial charge in [0.05, 0.1) is 35.9 Å². The average molecular weight is 447 g/mol. The van der Waals surface area contributed by atoms with Gasteiger partial charge in [0.25, 0.3) is 5.95 Å². The Morgan fingerprint density at radius 2 is 1.91 bits per heavy atom. The monoisotopic (exact) mass is 447 g/mol. The number of anilines is 3. The van der Waals surface area contributed by atoms with Crippen LogP contribution in [0.25, 0.3) is 0 Å². The van der Waals surface area contributed by atoms with Gasteiger partial charge in [-0.25, -0.2) is 9.37 Å². The third-order valence-corrected chi connectivity index (χ3v) is 3.93. The van der Waals surface area contributed by atoms with E-state index in [-0.39, 0.29) is 36.3 Å². The molecule has 0 aliphatic rings. The van der Waals surface area contributed by atoms with E-state index in [0.717, 1.165) is 18.3 Å². The molecule has 0 aliphatic heterocycles. The molecule has 32 heavy (non-hydrogen) atoms. The van der Waals surface area contributed by atoms with Crippen LogP contribution in [-0.4, -0.2) is 27.3 Å². The molecule has 0 saturated heterocycles. The number of nitrogens with one attached hydrogen (secondary N) is 2. The Morgan fingerprint density at radius 1 is 1.09 bits per heavy atom. The van der Waals surface area contributed by atoms with Crippen molar-refractivity contribution in [3.8, 4) is 0 Å². The fourth-order valence-electron chi connectivity index (χ4n) is 2.44. The maximum atomic E-state index is 13.6. The minimum atomic E-state index is -4.43. The first-order valence-corrected chi connectivity index (χ1v) is 9.23. The first-order valence-electron chi connectivity index (χ1n) is 9.23. The molecule has 0 fully saturated rings. The standard InChI is InChI=1S/C20H17F4N7O/c1-12(32)8-26-18-17(21)11-27-19(30-18)31-28-10-15-5-6-16(9-25-15)29-14-4-2-3-13(7-14)20(22,23)24/h2-7,9,11,29H,8,10H2,1H3,(H,26,27,30). The first kappa shape index (κ1) is 22.7. The van der Waals surface area contributed by atoms with Gasteiger partial charge in [-0.2, -0.15) is 23.3 Å². The Labute approximate surface area is 179 Å². The third kappa shape index (κ3) is 6.52. The number of aromatic nitrogens is 3. The van der Waals surface area contributed by atoms with Crippen molar-refractivity contribution in [2.45, 2.75) is 19.6 Å². The van der Waals surface area contributed by atoms with Gasteiger partial charge in [-0.1, -0.05) is 6.07 Å². The summed E-state index contributed by atoms with van der Waals surface area (Å²) in [6.45, 7) is 1.33. The summed E-state index contributed by atoms with van der Waals surface area (Å²) in [4.78, 5) is 22.7. The van der Waals surface area contributed by atoms with E-state index < -0.39 is 17.6 Å². The fourth-order valence-corrected chi connectivity index (χ4v) is 2.44. The van der Waals surface area contributed by atoms with E-state index in [1.807, 2.05) is 0 Å². The van der Waals surface area contributed by atoms with Gasteiger partial charge in [0.15, 0.2) is 11.6 Å². The van der Waals surface area contributed by atoms with Crippen LogP contribution in [0.5, 0.6) is 0 Å². The van der Waals surface area contributed by atoms with Crippen molar-refractivity contribution in [3.05, 3.63) is 65.9 Å². The number of ketones is 1. The topological polar surface area (TPSA) is 105 Å². The average Bonchev–Trinajstić information content (AvgIpc) is 2.75. The number of Topliss-reactive ketones (excluding diaryl/α,β-unsaturated/α-hetero) is 1. The quantitative estimate of drug-likeness (QED) is 0.370. The number of rotatable bonds is 8. The van der Waals surface area contributed by atoms with Crippen LogP contribution in [-0.2, 0) is 17.5 Å². The second-order valence-electron chi connectivity index (χ2n) is 6.56. The van der Waals surface area contributed by atoms with Gasteiger partial charge in [-0.3, -0.25) is 9.78 Å². The second-order valence-corrected chi connectivity index (χ2v) is 6.56.